The first-order chi connectivity index (χ1) is 11.9. The first kappa shape index (κ1) is 15.9. The largest absolute Gasteiger partial charge is 0.392 e. The number of hydrogen-bond acceptors (Lipinski definition) is 4. The molecule has 140 valence electrons. The lowest BCUT2D eigenvalue weighted by atomic mass is 9.39. The molecule has 7 rings (SSSR count). The van der Waals surface area contributed by atoms with Crippen LogP contribution in [0.5, 0.6) is 0 Å². The minimum Gasteiger partial charge on any atom is -0.392 e. The second-order valence-electron chi connectivity index (χ2n) is 10.7. The number of piperidine rings is 1. The van der Waals surface area contributed by atoms with Crippen molar-refractivity contribution in [3.8, 4) is 0 Å². The summed E-state index contributed by atoms with van der Waals surface area (Å²) >= 11 is 0. The lowest BCUT2D eigenvalue weighted by molar-refractivity contribution is -0.260. The van der Waals surface area contributed by atoms with Gasteiger partial charge in [0, 0.05) is 23.4 Å². The maximum absolute atomic E-state index is 11.5. The summed E-state index contributed by atoms with van der Waals surface area (Å²) in [5.41, 5.74) is 0.167. The standard InChI is InChI=1S/C21H33NO3/c1-3-22-10-19(2)6-5-15(23)21-13(19)9-12(17(21)22)20-7-4-11(8-14(20)21)16(24)18(20)25/h11-18,23-25H,3-10H2,1-2H3/t11-,12?,13+,14?,15?,16-,17+,18-,19-,20-,21?/m0/s1. The van der Waals surface area contributed by atoms with Gasteiger partial charge in [-0.1, -0.05) is 13.8 Å². The number of likely N-dealkylation sites (tertiary alicyclic amines) is 1. The molecule has 6 saturated carbocycles. The lowest BCUT2D eigenvalue weighted by Crippen LogP contribution is -2.70. The van der Waals surface area contributed by atoms with Crippen LogP contribution in [0.25, 0.3) is 0 Å². The molecular weight excluding hydrogens is 314 g/mol. The van der Waals surface area contributed by atoms with E-state index in [0.29, 0.717) is 29.2 Å². The van der Waals surface area contributed by atoms with Gasteiger partial charge in [-0.15, -0.1) is 0 Å². The summed E-state index contributed by atoms with van der Waals surface area (Å²) in [6, 6.07) is 0.426. The molecule has 3 N–H and O–H groups in total. The maximum Gasteiger partial charge on any atom is 0.0863 e. The molecule has 7 bridgehead atoms. The molecule has 0 aromatic carbocycles. The Morgan fingerprint density at radius 1 is 1.04 bits per heavy atom. The van der Waals surface area contributed by atoms with E-state index in [-0.39, 0.29) is 22.9 Å². The van der Waals surface area contributed by atoms with Crippen molar-refractivity contribution in [3.63, 3.8) is 0 Å². The molecule has 4 unspecified atom stereocenters. The van der Waals surface area contributed by atoms with Crippen molar-refractivity contribution < 1.29 is 15.3 Å². The van der Waals surface area contributed by atoms with Crippen LogP contribution in [-0.2, 0) is 0 Å². The van der Waals surface area contributed by atoms with Gasteiger partial charge < -0.3 is 15.3 Å². The van der Waals surface area contributed by atoms with E-state index < -0.39 is 12.2 Å². The predicted molar refractivity (Wildman–Crippen MR) is 93.7 cm³/mol. The average Bonchev–Trinajstić information content (AvgIpc) is 3.05. The Labute approximate surface area is 150 Å². The summed E-state index contributed by atoms with van der Waals surface area (Å²) in [5.74, 6) is 1.73. The van der Waals surface area contributed by atoms with Gasteiger partial charge in [-0.05, 0) is 74.2 Å². The molecule has 0 radical (unpaired) electrons. The van der Waals surface area contributed by atoms with E-state index >= 15 is 0 Å². The maximum atomic E-state index is 11.5. The van der Waals surface area contributed by atoms with E-state index in [0.717, 1.165) is 45.2 Å². The summed E-state index contributed by atoms with van der Waals surface area (Å²) < 4.78 is 0. The Balaban J connectivity index is 1.59. The molecule has 1 aliphatic heterocycles. The van der Waals surface area contributed by atoms with Crippen LogP contribution in [0.15, 0.2) is 0 Å². The summed E-state index contributed by atoms with van der Waals surface area (Å²) in [4.78, 5) is 2.68. The highest BCUT2D eigenvalue weighted by Crippen LogP contribution is 2.83. The Hall–Kier alpha value is -0.160. The molecule has 25 heavy (non-hydrogen) atoms. The highest BCUT2D eigenvalue weighted by molar-refractivity contribution is 5.34. The van der Waals surface area contributed by atoms with Crippen molar-refractivity contribution in [1.82, 2.24) is 4.90 Å². The van der Waals surface area contributed by atoms with Crippen LogP contribution in [0.3, 0.4) is 0 Å². The highest BCUT2D eigenvalue weighted by atomic mass is 16.3. The fourth-order valence-corrected chi connectivity index (χ4v) is 10.00. The fourth-order valence-electron chi connectivity index (χ4n) is 10.00. The van der Waals surface area contributed by atoms with Crippen molar-refractivity contribution in [2.75, 3.05) is 13.1 Å². The van der Waals surface area contributed by atoms with E-state index in [2.05, 4.69) is 18.7 Å². The molecule has 1 saturated heterocycles. The number of hydrogen-bond donors (Lipinski definition) is 3. The SMILES string of the molecule is CCN1C[C@]2(C)CCC(O)C34C5C[C@@H]6CC[C@@]5(C(C[C@@H]32)[C@@H]14)[C@@H](O)[C@H]6O. The van der Waals surface area contributed by atoms with Gasteiger partial charge in [0.05, 0.1) is 18.3 Å². The minimum absolute atomic E-state index is 0.0221. The van der Waals surface area contributed by atoms with Crippen molar-refractivity contribution >= 4 is 0 Å². The van der Waals surface area contributed by atoms with Crippen LogP contribution in [0.4, 0.5) is 0 Å². The second-order valence-corrected chi connectivity index (χ2v) is 10.7. The number of aliphatic hydroxyl groups is 3. The normalized spacial score (nSPS) is 67.6. The molecule has 7 aliphatic rings. The van der Waals surface area contributed by atoms with Crippen molar-refractivity contribution in [1.29, 1.82) is 0 Å². The van der Waals surface area contributed by atoms with Crippen molar-refractivity contribution in [2.24, 2.45) is 39.9 Å². The first-order valence-corrected chi connectivity index (χ1v) is 10.7. The van der Waals surface area contributed by atoms with E-state index in [9.17, 15) is 15.3 Å². The van der Waals surface area contributed by atoms with Crippen LogP contribution in [-0.4, -0.2) is 57.7 Å². The van der Waals surface area contributed by atoms with Crippen LogP contribution < -0.4 is 0 Å². The van der Waals surface area contributed by atoms with Gasteiger partial charge in [-0.3, -0.25) is 4.90 Å². The number of aliphatic hydroxyl groups excluding tert-OH is 3. The summed E-state index contributed by atoms with van der Waals surface area (Å²) in [5, 5.41) is 33.4. The Kier molecular flexibility index (Phi) is 2.82. The van der Waals surface area contributed by atoms with Gasteiger partial charge in [-0.25, -0.2) is 0 Å². The van der Waals surface area contributed by atoms with Gasteiger partial charge in [0.25, 0.3) is 0 Å². The second kappa shape index (κ2) is 4.45. The molecule has 6 aliphatic carbocycles. The van der Waals surface area contributed by atoms with Crippen molar-refractivity contribution in [3.05, 3.63) is 0 Å². The van der Waals surface area contributed by atoms with Gasteiger partial charge in [0.15, 0.2) is 0 Å². The zero-order chi connectivity index (χ0) is 17.4. The molecule has 2 spiro atoms. The zero-order valence-electron chi connectivity index (χ0n) is 15.6. The third-order valence-corrected chi connectivity index (χ3v) is 10.5. The summed E-state index contributed by atoms with van der Waals surface area (Å²) in [7, 11) is 0. The van der Waals surface area contributed by atoms with Gasteiger partial charge in [-0.2, -0.15) is 0 Å². The average molecular weight is 347 g/mol. The molecule has 4 nitrogen and oxygen atoms in total. The van der Waals surface area contributed by atoms with E-state index in [1.165, 1.54) is 6.42 Å². The third kappa shape index (κ3) is 1.38. The zero-order valence-corrected chi connectivity index (χ0v) is 15.6. The molecule has 0 aromatic rings. The summed E-state index contributed by atoms with van der Waals surface area (Å²) in [6.45, 7) is 6.95. The third-order valence-electron chi connectivity index (χ3n) is 10.5. The Morgan fingerprint density at radius 2 is 1.84 bits per heavy atom. The molecular formula is C21H33NO3. The molecule has 7 fully saturated rings. The number of nitrogens with zero attached hydrogens (tertiary/aromatic N) is 1. The van der Waals surface area contributed by atoms with E-state index in [1.54, 1.807) is 0 Å². The predicted octanol–water partition coefficient (Wildman–Crippen LogP) is 1.63. The van der Waals surface area contributed by atoms with Crippen LogP contribution in [0, 0.1) is 39.9 Å². The smallest absolute Gasteiger partial charge is 0.0863 e. The monoisotopic (exact) mass is 347 g/mol. The molecule has 11 atom stereocenters. The summed E-state index contributed by atoms with van der Waals surface area (Å²) in [6.07, 6.45) is 5.08. The van der Waals surface area contributed by atoms with Crippen LogP contribution in [0.2, 0.25) is 0 Å². The van der Waals surface area contributed by atoms with Crippen LogP contribution in [0.1, 0.15) is 52.4 Å². The van der Waals surface area contributed by atoms with Crippen LogP contribution >= 0.6 is 0 Å². The molecule has 0 amide bonds. The van der Waals surface area contributed by atoms with Gasteiger partial charge in [0.2, 0.25) is 0 Å². The number of rotatable bonds is 1. The topological polar surface area (TPSA) is 63.9 Å². The Bertz CT molecular complexity index is 626. The quantitative estimate of drug-likeness (QED) is 0.675. The van der Waals surface area contributed by atoms with Gasteiger partial charge in [0.1, 0.15) is 0 Å². The highest BCUT2D eigenvalue weighted by Gasteiger charge is 2.84. The Morgan fingerprint density at radius 3 is 2.60 bits per heavy atom. The number of fused-ring (bicyclic) bond motifs is 2. The van der Waals surface area contributed by atoms with Gasteiger partial charge >= 0.3 is 0 Å². The molecule has 0 aromatic heterocycles. The van der Waals surface area contributed by atoms with E-state index in [4.69, 9.17) is 0 Å². The lowest BCUT2D eigenvalue weighted by Gasteiger charge is -2.68. The first-order valence-electron chi connectivity index (χ1n) is 10.7. The minimum atomic E-state index is -0.574. The van der Waals surface area contributed by atoms with E-state index in [1.807, 2.05) is 0 Å². The van der Waals surface area contributed by atoms with Crippen molar-refractivity contribution in [2.45, 2.75) is 76.7 Å². The molecule has 1 heterocycles. The molecule has 4 heteroatoms. The fraction of sp³-hybridized carbons (Fsp3) is 1.00.